The van der Waals surface area contributed by atoms with Gasteiger partial charge in [0.05, 0.1) is 12.8 Å². The molecule has 5 heteroatoms. The van der Waals surface area contributed by atoms with Crippen molar-refractivity contribution in [2.24, 2.45) is 5.92 Å². The highest BCUT2D eigenvalue weighted by atomic mass is 16.5. The molecule has 1 aliphatic heterocycles. The summed E-state index contributed by atoms with van der Waals surface area (Å²) in [6, 6.07) is 3.54. The SMILES string of the molecule is COc1cc(C2=CC[C@H](C)CN2C(=O)O)ccn1. The molecule has 1 amide bonds. The fourth-order valence-corrected chi connectivity index (χ4v) is 2.04. The Balaban J connectivity index is 2.37. The monoisotopic (exact) mass is 248 g/mol. The molecule has 1 N–H and O–H groups in total. The van der Waals surface area contributed by atoms with Crippen LogP contribution in [0.25, 0.3) is 5.70 Å². The molecule has 5 nitrogen and oxygen atoms in total. The lowest BCUT2D eigenvalue weighted by atomic mass is 9.99. The first-order valence-electron chi connectivity index (χ1n) is 5.83. The van der Waals surface area contributed by atoms with E-state index in [1.54, 1.807) is 25.4 Å². The maximum atomic E-state index is 11.3. The van der Waals surface area contributed by atoms with Crippen LogP contribution in [0.1, 0.15) is 18.9 Å². The van der Waals surface area contributed by atoms with Crippen molar-refractivity contribution in [2.75, 3.05) is 13.7 Å². The number of hydrogen-bond acceptors (Lipinski definition) is 3. The zero-order chi connectivity index (χ0) is 13.1. The van der Waals surface area contributed by atoms with E-state index in [9.17, 15) is 9.90 Å². The van der Waals surface area contributed by atoms with E-state index in [0.29, 0.717) is 24.0 Å². The Morgan fingerprint density at radius 2 is 2.39 bits per heavy atom. The van der Waals surface area contributed by atoms with Crippen LogP contribution < -0.4 is 4.74 Å². The Bertz CT molecular complexity index is 485. The number of carbonyl (C=O) groups is 1. The van der Waals surface area contributed by atoms with Crippen molar-refractivity contribution in [1.29, 1.82) is 0 Å². The average Bonchev–Trinajstić information content (AvgIpc) is 2.38. The third-order valence-electron chi connectivity index (χ3n) is 2.97. The Morgan fingerprint density at radius 3 is 3.06 bits per heavy atom. The highest BCUT2D eigenvalue weighted by Crippen LogP contribution is 2.28. The first kappa shape index (κ1) is 12.4. The largest absolute Gasteiger partial charge is 0.481 e. The summed E-state index contributed by atoms with van der Waals surface area (Å²) in [5, 5.41) is 9.25. The van der Waals surface area contributed by atoms with Gasteiger partial charge in [-0.05, 0) is 18.4 Å². The van der Waals surface area contributed by atoms with Crippen molar-refractivity contribution in [3.63, 3.8) is 0 Å². The quantitative estimate of drug-likeness (QED) is 0.873. The molecule has 0 spiro atoms. The summed E-state index contributed by atoms with van der Waals surface area (Å²) in [6.45, 7) is 2.56. The second kappa shape index (κ2) is 5.08. The van der Waals surface area contributed by atoms with Crippen LogP contribution in [0.2, 0.25) is 0 Å². The summed E-state index contributed by atoms with van der Waals surface area (Å²) in [4.78, 5) is 16.7. The van der Waals surface area contributed by atoms with E-state index in [1.807, 2.05) is 13.0 Å². The van der Waals surface area contributed by atoms with Gasteiger partial charge in [0.2, 0.25) is 5.88 Å². The molecule has 0 bridgehead atoms. The lowest BCUT2D eigenvalue weighted by Crippen LogP contribution is -2.34. The van der Waals surface area contributed by atoms with Crippen LogP contribution in [0.15, 0.2) is 24.4 Å². The zero-order valence-electron chi connectivity index (χ0n) is 10.5. The van der Waals surface area contributed by atoms with Gasteiger partial charge in [-0.1, -0.05) is 13.0 Å². The molecule has 0 saturated heterocycles. The van der Waals surface area contributed by atoms with Gasteiger partial charge >= 0.3 is 6.09 Å². The van der Waals surface area contributed by atoms with E-state index in [2.05, 4.69) is 4.98 Å². The minimum Gasteiger partial charge on any atom is -0.481 e. The lowest BCUT2D eigenvalue weighted by molar-refractivity contribution is 0.159. The van der Waals surface area contributed by atoms with E-state index in [1.165, 1.54) is 4.90 Å². The van der Waals surface area contributed by atoms with Crippen molar-refractivity contribution >= 4 is 11.8 Å². The molecule has 0 fully saturated rings. The molecule has 0 aliphatic carbocycles. The van der Waals surface area contributed by atoms with Gasteiger partial charge in [-0.25, -0.2) is 9.78 Å². The molecule has 1 aromatic rings. The van der Waals surface area contributed by atoms with E-state index in [0.717, 1.165) is 12.0 Å². The van der Waals surface area contributed by atoms with Gasteiger partial charge in [0.25, 0.3) is 0 Å². The third kappa shape index (κ3) is 2.45. The lowest BCUT2D eigenvalue weighted by Gasteiger charge is -2.29. The molecular weight excluding hydrogens is 232 g/mol. The summed E-state index contributed by atoms with van der Waals surface area (Å²) in [7, 11) is 1.54. The van der Waals surface area contributed by atoms with Gasteiger partial charge in [0, 0.05) is 24.4 Å². The normalized spacial score (nSPS) is 19.3. The molecule has 1 atom stereocenters. The highest BCUT2D eigenvalue weighted by molar-refractivity contribution is 5.81. The fraction of sp³-hybridized carbons (Fsp3) is 0.385. The molecule has 1 aliphatic rings. The molecule has 18 heavy (non-hydrogen) atoms. The maximum absolute atomic E-state index is 11.3. The summed E-state index contributed by atoms with van der Waals surface area (Å²) in [5.74, 6) is 0.825. The topological polar surface area (TPSA) is 62.7 Å². The maximum Gasteiger partial charge on any atom is 0.411 e. The van der Waals surface area contributed by atoms with Gasteiger partial charge < -0.3 is 9.84 Å². The Kier molecular flexibility index (Phi) is 3.50. The van der Waals surface area contributed by atoms with Crippen molar-refractivity contribution in [1.82, 2.24) is 9.88 Å². The summed E-state index contributed by atoms with van der Waals surface area (Å²) < 4.78 is 5.06. The molecule has 1 aromatic heterocycles. The number of methoxy groups -OCH3 is 1. The van der Waals surface area contributed by atoms with E-state index < -0.39 is 6.09 Å². The van der Waals surface area contributed by atoms with Crippen LogP contribution in [0.3, 0.4) is 0 Å². The number of nitrogens with zero attached hydrogens (tertiary/aromatic N) is 2. The number of pyridine rings is 1. The van der Waals surface area contributed by atoms with Crippen LogP contribution in [0.5, 0.6) is 5.88 Å². The molecule has 0 radical (unpaired) electrons. The number of rotatable bonds is 2. The van der Waals surface area contributed by atoms with Crippen molar-refractivity contribution < 1.29 is 14.6 Å². The number of ether oxygens (including phenoxy) is 1. The molecule has 0 unspecified atom stereocenters. The standard InChI is InChI=1S/C13H16N2O3/c1-9-3-4-11(15(8-9)13(16)17)10-5-6-14-12(7-10)18-2/h4-7,9H,3,8H2,1-2H3,(H,16,17)/t9-/m0/s1. The van der Waals surface area contributed by atoms with E-state index >= 15 is 0 Å². The van der Waals surface area contributed by atoms with Crippen molar-refractivity contribution in [2.45, 2.75) is 13.3 Å². The number of allylic oxidation sites excluding steroid dienone is 1. The molecule has 2 rings (SSSR count). The fourth-order valence-electron chi connectivity index (χ4n) is 2.04. The predicted octanol–water partition coefficient (Wildman–Crippen LogP) is 2.45. The number of amides is 1. The van der Waals surface area contributed by atoms with Gasteiger partial charge in [-0.2, -0.15) is 0 Å². The van der Waals surface area contributed by atoms with E-state index in [-0.39, 0.29) is 0 Å². The van der Waals surface area contributed by atoms with Crippen LogP contribution in [-0.2, 0) is 0 Å². The smallest absolute Gasteiger partial charge is 0.411 e. The van der Waals surface area contributed by atoms with Gasteiger partial charge in [-0.3, -0.25) is 4.90 Å². The average molecular weight is 248 g/mol. The zero-order valence-corrected chi connectivity index (χ0v) is 10.5. The number of aromatic nitrogens is 1. The van der Waals surface area contributed by atoms with Crippen LogP contribution in [0.4, 0.5) is 4.79 Å². The molecule has 2 heterocycles. The summed E-state index contributed by atoms with van der Waals surface area (Å²) in [5.41, 5.74) is 1.53. The highest BCUT2D eigenvalue weighted by Gasteiger charge is 2.24. The van der Waals surface area contributed by atoms with Crippen molar-refractivity contribution in [3.05, 3.63) is 30.0 Å². The van der Waals surface area contributed by atoms with Crippen molar-refractivity contribution in [3.8, 4) is 5.88 Å². The van der Waals surface area contributed by atoms with Crippen LogP contribution in [-0.4, -0.2) is 34.7 Å². The minimum absolute atomic E-state index is 0.341. The summed E-state index contributed by atoms with van der Waals surface area (Å²) in [6.07, 6.45) is 3.53. The first-order chi connectivity index (χ1) is 8.61. The van der Waals surface area contributed by atoms with Gasteiger partial charge in [0.15, 0.2) is 0 Å². The summed E-state index contributed by atoms with van der Waals surface area (Å²) >= 11 is 0. The Labute approximate surface area is 106 Å². The van der Waals surface area contributed by atoms with Crippen LogP contribution >= 0.6 is 0 Å². The third-order valence-corrected chi connectivity index (χ3v) is 2.97. The Hall–Kier alpha value is -2.04. The second-order valence-corrected chi connectivity index (χ2v) is 4.41. The van der Waals surface area contributed by atoms with E-state index in [4.69, 9.17) is 4.74 Å². The molecule has 96 valence electrons. The van der Waals surface area contributed by atoms with Gasteiger partial charge in [-0.15, -0.1) is 0 Å². The predicted molar refractivity (Wildman–Crippen MR) is 67.3 cm³/mol. The first-order valence-corrected chi connectivity index (χ1v) is 5.83. The van der Waals surface area contributed by atoms with Crippen LogP contribution in [0, 0.1) is 5.92 Å². The van der Waals surface area contributed by atoms with Gasteiger partial charge in [0.1, 0.15) is 0 Å². The molecule has 0 aromatic carbocycles. The molecular formula is C13H16N2O3. The number of carboxylic acid groups (broad SMARTS) is 1. The number of hydrogen-bond donors (Lipinski definition) is 1. The second-order valence-electron chi connectivity index (χ2n) is 4.41. The minimum atomic E-state index is -0.927. The Morgan fingerprint density at radius 1 is 1.61 bits per heavy atom. The molecule has 0 saturated carbocycles.